The fourth-order valence-corrected chi connectivity index (χ4v) is 0.848. The summed E-state index contributed by atoms with van der Waals surface area (Å²) in [6.45, 7) is 5.82. The minimum Gasteiger partial charge on any atom is -0.463 e. The summed E-state index contributed by atoms with van der Waals surface area (Å²) in [6.07, 6.45) is 7.49. The maximum absolute atomic E-state index is 10.3. The van der Waals surface area contributed by atoms with E-state index >= 15 is 0 Å². The molecule has 0 bridgehead atoms. The van der Waals surface area contributed by atoms with Gasteiger partial charge in [0, 0.05) is 11.1 Å². The summed E-state index contributed by atoms with van der Waals surface area (Å²) < 4.78 is 4.67. The van der Waals surface area contributed by atoms with Gasteiger partial charge in [-0.15, -0.1) is 0 Å². The predicted molar refractivity (Wildman–Crippen MR) is 59.2 cm³/mol. The Morgan fingerprint density at radius 1 is 1.79 bits per heavy atom. The Morgan fingerprint density at radius 3 is 2.64 bits per heavy atom. The maximum Gasteiger partial charge on any atom is 0.330 e. The Balaban J connectivity index is 0.000000280. The zero-order chi connectivity index (χ0) is 10.8. The molecule has 1 aliphatic carbocycles. The quantitative estimate of drug-likeness (QED) is 0.409. The van der Waals surface area contributed by atoms with Crippen LogP contribution in [-0.2, 0) is 9.53 Å². The Labute approximate surface area is 90.6 Å². The lowest BCUT2D eigenvalue weighted by Crippen LogP contribution is -2.00. The van der Waals surface area contributed by atoms with E-state index in [1.165, 1.54) is 12.5 Å². The molecule has 0 fully saturated rings. The number of unbranched alkanes of at least 4 members (excludes halogenated alkanes) is 1. The zero-order valence-electron chi connectivity index (χ0n) is 8.59. The van der Waals surface area contributed by atoms with Crippen LogP contribution in [0.3, 0.4) is 0 Å². The Bertz CT molecular complexity index is 209. The first kappa shape index (κ1) is 13.2. The first-order valence-electron chi connectivity index (χ1n) is 4.84. The van der Waals surface area contributed by atoms with Crippen molar-refractivity contribution in [1.29, 1.82) is 0 Å². The SMILES string of the molecule is C=CC(=O)OCCCC.ClC1=CCC1. The van der Waals surface area contributed by atoms with E-state index in [-0.39, 0.29) is 5.97 Å². The highest BCUT2D eigenvalue weighted by atomic mass is 35.5. The molecule has 0 radical (unpaired) electrons. The number of allylic oxidation sites excluding steroid dienone is 2. The Hall–Kier alpha value is -0.760. The van der Waals surface area contributed by atoms with Gasteiger partial charge in [-0.1, -0.05) is 37.6 Å². The van der Waals surface area contributed by atoms with Gasteiger partial charge in [-0.2, -0.15) is 0 Å². The van der Waals surface area contributed by atoms with Gasteiger partial charge in [0.05, 0.1) is 6.61 Å². The smallest absolute Gasteiger partial charge is 0.330 e. The molecule has 0 heterocycles. The number of carbonyl (C=O) groups excluding carboxylic acids is 1. The standard InChI is InChI=1S/C7H12O2.C4H5Cl/c1-3-5-6-9-7(8)4-2;5-4-2-1-3-4/h4H,2-3,5-6H2,1H3;2H,1,3H2. The van der Waals surface area contributed by atoms with Crippen LogP contribution < -0.4 is 0 Å². The third-order valence-electron chi connectivity index (χ3n) is 1.66. The molecule has 0 unspecified atom stereocenters. The predicted octanol–water partition coefficient (Wildman–Crippen LogP) is 3.42. The molecule has 0 amide bonds. The van der Waals surface area contributed by atoms with Gasteiger partial charge in [-0.05, 0) is 19.3 Å². The molecule has 14 heavy (non-hydrogen) atoms. The minimum absolute atomic E-state index is 0.330. The van der Waals surface area contributed by atoms with Crippen molar-refractivity contribution in [3.63, 3.8) is 0 Å². The van der Waals surface area contributed by atoms with Gasteiger partial charge < -0.3 is 4.74 Å². The number of carbonyl (C=O) groups is 1. The van der Waals surface area contributed by atoms with Crippen LogP contribution in [-0.4, -0.2) is 12.6 Å². The van der Waals surface area contributed by atoms with Crippen molar-refractivity contribution in [2.45, 2.75) is 32.6 Å². The van der Waals surface area contributed by atoms with Gasteiger partial charge in [0.1, 0.15) is 0 Å². The lowest BCUT2D eigenvalue weighted by molar-refractivity contribution is -0.137. The molecule has 0 saturated heterocycles. The first-order chi connectivity index (χ1) is 6.70. The van der Waals surface area contributed by atoms with Crippen LogP contribution in [0.15, 0.2) is 23.8 Å². The van der Waals surface area contributed by atoms with Crippen molar-refractivity contribution in [3.8, 4) is 0 Å². The van der Waals surface area contributed by atoms with Gasteiger partial charge in [0.2, 0.25) is 0 Å². The molecular formula is C11H17ClO2. The highest BCUT2D eigenvalue weighted by Gasteiger charge is 1.97. The van der Waals surface area contributed by atoms with E-state index < -0.39 is 0 Å². The molecule has 0 spiro atoms. The molecule has 1 aliphatic rings. The van der Waals surface area contributed by atoms with E-state index in [1.807, 2.05) is 13.0 Å². The second-order valence-corrected chi connectivity index (χ2v) is 3.40. The van der Waals surface area contributed by atoms with Crippen LogP contribution in [0.5, 0.6) is 0 Å². The van der Waals surface area contributed by atoms with Gasteiger partial charge in [0.15, 0.2) is 0 Å². The maximum atomic E-state index is 10.3. The number of esters is 1. The molecule has 0 aliphatic heterocycles. The van der Waals surface area contributed by atoms with Gasteiger partial charge in [-0.25, -0.2) is 4.79 Å². The number of hydrogen-bond donors (Lipinski definition) is 0. The highest BCUT2D eigenvalue weighted by molar-refractivity contribution is 6.30. The fourth-order valence-electron chi connectivity index (χ4n) is 0.629. The molecule has 2 nitrogen and oxygen atoms in total. The van der Waals surface area contributed by atoms with Crippen molar-refractivity contribution in [2.24, 2.45) is 0 Å². The van der Waals surface area contributed by atoms with E-state index in [9.17, 15) is 4.79 Å². The lowest BCUT2D eigenvalue weighted by Gasteiger charge is -2.02. The molecule has 0 aromatic carbocycles. The van der Waals surface area contributed by atoms with E-state index in [0.29, 0.717) is 6.61 Å². The zero-order valence-corrected chi connectivity index (χ0v) is 9.35. The van der Waals surface area contributed by atoms with Crippen molar-refractivity contribution in [3.05, 3.63) is 23.8 Å². The number of halogens is 1. The van der Waals surface area contributed by atoms with E-state index in [0.717, 1.165) is 24.3 Å². The number of hydrogen-bond acceptors (Lipinski definition) is 2. The van der Waals surface area contributed by atoms with Crippen LogP contribution in [0.1, 0.15) is 32.6 Å². The molecule has 0 atom stereocenters. The number of rotatable bonds is 4. The largest absolute Gasteiger partial charge is 0.463 e. The van der Waals surface area contributed by atoms with Crippen molar-refractivity contribution in [2.75, 3.05) is 6.61 Å². The summed E-state index contributed by atoms with van der Waals surface area (Å²) in [5.74, 6) is -0.330. The minimum atomic E-state index is -0.330. The van der Waals surface area contributed by atoms with Crippen LogP contribution in [0.4, 0.5) is 0 Å². The van der Waals surface area contributed by atoms with Gasteiger partial charge in [0.25, 0.3) is 0 Å². The summed E-state index contributed by atoms with van der Waals surface area (Å²) >= 11 is 5.41. The van der Waals surface area contributed by atoms with Crippen LogP contribution in [0.2, 0.25) is 0 Å². The third-order valence-corrected chi connectivity index (χ3v) is 2.00. The Morgan fingerprint density at radius 2 is 2.36 bits per heavy atom. The Kier molecular flexibility index (Phi) is 8.34. The summed E-state index contributed by atoms with van der Waals surface area (Å²) in [6, 6.07) is 0. The molecule has 0 aromatic rings. The second-order valence-electron chi connectivity index (χ2n) is 2.91. The third kappa shape index (κ3) is 7.87. The van der Waals surface area contributed by atoms with Crippen LogP contribution in [0.25, 0.3) is 0 Å². The average Bonchev–Trinajstić information content (AvgIpc) is 2.16. The molecule has 0 N–H and O–H groups in total. The molecule has 3 heteroatoms. The normalized spacial score (nSPS) is 12.9. The fraction of sp³-hybridized carbons (Fsp3) is 0.545. The average molecular weight is 217 g/mol. The van der Waals surface area contributed by atoms with E-state index in [4.69, 9.17) is 11.6 Å². The first-order valence-corrected chi connectivity index (χ1v) is 5.22. The summed E-state index contributed by atoms with van der Waals surface area (Å²) in [5.41, 5.74) is 0. The highest BCUT2D eigenvalue weighted by Crippen LogP contribution is 2.20. The van der Waals surface area contributed by atoms with E-state index in [1.54, 1.807) is 0 Å². The van der Waals surface area contributed by atoms with E-state index in [2.05, 4.69) is 11.3 Å². The molecule has 0 saturated carbocycles. The lowest BCUT2D eigenvalue weighted by atomic mass is 10.1. The van der Waals surface area contributed by atoms with Crippen LogP contribution in [0, 0.1) is 0 Å². The topological polar surface area (TPSA) is 26.3 Å². The monoisotopic (exact) mass is 216 g/mol. The summed E-state index contributed by atoms with van der Waals surface area (Å²) in [7, 11) is 0. The molecule has 1 rings (SSSR count). The second kappa shape index (κ2) is 8.82. The van der Waals surface area contributed by atoms with Crippen molar-refractivity contribution in [1.82, 2.24) is 0 Å². The van der Waals surface area contributed by atoms with Crippen molar-refractivity contribution >= 4 is 17.6 Å². The van der Waals surface area contributed by atoms with Gasteiger partial charge >= 0.3 is 5.97 Å². The van der Waals surface area contributed by atoms with Crippen molar-refractivity contribution < 1.29 is 9.53 Å². The molecule has 80 valence electrons. The summed E-state index contributed by atoms with van der Waals surface area (Å²) in [4.78, 5) is 10.3. The molecule has 0 aromatic heterocycles. The number of ether oxygens (including phenoxy) is 1. The molecular weight excluding hydrogens is 200 g/mol. The van der Waals surface area contributed by atoms with Crippen LogP contribution >= 0.6 is 11.6 Å². The van der Waals surface area contributed by atoms with Gasteiger partial charge in [-0.3, -0.25) is 0 Å². The summed E-state index contributed by atoms with van der Waals surface area (Å²) in [5, 5.41) is 1.03.